The van der Waals surface area contributed by atoms with Gasteiger partial charge in [-0.25, -0.2) is 0 Å². The summed E-state index contributed by atoms with van der Waals surface area (Å²) >= 11 is 0. The molecule has 3 atom stereocenters. The van der Waals surface area contributed by atoms with Crippen molar-refractivity contribution in [3.05, 3.63) is 0 Å². The smallest absolute Gasteiger partial charge is 0.0869 e. The van der Waals surface area contributed by atoms with Crippen molar-refractivity contribution < 1.29 is 4.74 Å². The van der Waals surface area contributed by atoms with E-state index in [0.717, 1.165) is 12.0 Å². The normalized spacial score (nSPS) is 44.7. The van der Waals surface area contributed by atoms with E-state index in [1.807, 2.05) is 0 Å². The molecule has 10 heavy (non-hydrogen) atoms. The summed E-state index contributed by atoms with van der Waals surface area (Å²) in [5.74, 6) is 0.872. The lowest BCUT2D eigenvalue weighted by Crippen LogP contribution is -2.15. The molecule has 0 spiro atoms. The van der Waals surface area contributed by atoms with E-state index in [9.17, 15) is 0 Å². The van der Waals surface area contributed by atoms with Crippen LogP contribution >= 0.6 is 0 Å². The Morgan fingerprint density at radius 2 is 2.30 bits per heavy atom. The van der Waals surface area contributed by atoms with Gasteiger partial charge in [0.2, 0.25) is 0 Å². The number of rotatable bonds is 2. The van der Waals surface area contributed by atoms with E-state index >= 15 is 0 Å². The highest BCUT2D eigenvalue weighted by Crippen LogP contribution is 2.42. The fraction of sp³-hybridized carbons (Fsp3) is 1.00. The fourth-order valence-electron chi connectivity index (χ4n) is 2.04. The minimum Gasteiger partial charge on any atom is -0.369 e. The molecule has 0 bridgehead atoms. The molecule has 1 heterocycles. The van der Waals surface area contributed by atoms with Crippen molar-refractivity contribution in [1.82, 2.24) is 0 Å². The molecule has 1 saturated carbocycles. The Bertz CT molecular complexity index is 124. The molecule has 0 amide bonds. The Labute approximate surface area is 65.6 Å². The SMILES string of the molecule is [Si]CCC1CCCC2OC12. The Morgan fingerprint density at radius 3 is 3.10 bits per heavy atom. The van der Waals surface area contributed by atoms with Crippen molar-refractivity contribution in [2.75, 3.05) is 0 Å². The van der Waals surface area contributed by atoms with E-state index in [-0.39, 0.29) is 0 Å². The van der Waals surface area contributed by atoms with E-state index in [1.54, 1.807) is 0 Å². The topological polar surface area (TPSA) is 12.5 Å². The van der Waals surface area contributed by atoms with Gasteiger partial charge in [0.25, 0.3) is 0 Å². The van der Waals surface area contributed by atoms with Crippen LogP contribution in [0.1, 0.15) is 25.7 Å². The lowest BCUT2D eigenvalue weighted by atomic mass is 9.87. The van der Waals surface area contributed by atoms with Crippen LogP contribution in [0.5, 0.6) is 0 Å². The van der Waals surface area contributed by atoms with Gasteiger partial charge < -0.3 is 4.74 Å². The van der Waals surface area contributed by atoms with E-state index in [2.05, 4.69) is 10.2 Å². The van der Waals surface area contributed by atoms with E-state index in [4.69, 9.17) is 4.74 Å². The number of hydrogen-bond donors (Lipinski definition) is 0. The lowest BCUT2D eigenvalue weighted by Gasteiger charge is -2.16. The zero-order chi connectivity index (χ0) is 6.97. The minimum atomic E-state index is 0.657. The van der Waals surface area contributed by atoms with Gasteiger partial charge in [-0.15, -0.1) is 0 Å². The summed E-state index contributed by atoms with van der Waals surface area (Å²) in [6.45, 7) is 0. The summed E-state index contributed by atoms with van der Waals surface area (Å²) in [7, 11) is 3.52. The molecule has 0 N–H and O–H groups in total. The first kappa shape index (κ1) is 6.86. The fourth-order valence-corrected chi connectivity index (χ4v) is 2.41. The Morgan fingerprint density at radius 1 is 1.40 bits per heavy atom. The number of fused-ring (bicyclic) bond motifs is 1. The van der Waals surface area contributed by atoms with E-state index < -0.39 is 0 Å². The lowest BCUT2D eigenvalue weighted by molar-refractivity contribution is 0.315. The van der Waals surface area contributed by atoms with Crippen molar-refractivity contribution >= 4 is 10.2 Å². The summed E-state index contributed by atoms with van der Waals surface area (Å²) in [5, 5.41) is 0. The van der Waals surface area contributed by atoms with Crippen LogP contribution in [0.15, 0.2) is 0 Å². The van der Waals surface area contributed by atoms with Crippen molar-refractivity contribution in [3.63, 3.8) is 0 Å². The first-order valence-electron chi connectivity index (χ1n) is 4.22. The molecule has 0 aromatic rings. The first-order chi connectivity index (χ1) is 4.92. The Hall–Kier alpha value is 0.177. The summed E-state index contributed by atoms with van der Waals surface area (Å²) < 4.78 is 5.52. The second-order valence-electron chi connectivity index (χ2n) is 3.37. The number of epoxide rings is 1. The average Bonchev–Trinajstić information content (AvgIpc) is 2.67. The second kappa shape index (κ2) is 2.66. The number of hydrogen-bond acceptors (Lipinski definition) is 1. The van der Waals surface area contributed by atoms with Gasteiger partial charge >= 0.3 is 0 Å². The zero-order valence-electron chi connectivity index (χ0n) is 6.18. The highest BCUT2D eigenvalue weighted by atomic mass is 28.1. The molecule has 2 heteroatoms. The van der Waals surface area contributed by atoms with Crippen molar-refractivity contribution in [2.24, 2.45) is 5.92 Å². The van der Waals surface area contributed by atoms with Crippen LogP contribution in [0, 0.1) is 5.92 Å². The monoisotopic (exact) mass is 153 g/mol. The quantitative estimate of drug-likeness (QED) is 0.433. The third-order valence-corrected chi connectivity index (χ3v) is 2.95. The maximum Gasteiger partial charge on any atom is 0.0869 e. The van der Waals surface area contributed by atoms with Gasteiger partial charge in [-0.05, 0) is 18.8 Å². The predicted octanol–water partition coefficient (Wildman–Crippen LogP) is 1.53. The maximum absolute atomic E-state index is 5.52. The molecule has 1 aliphatic heterocycles. The summed E-state index contributed by atoms with van der Waals surface area (Å²) in [6.07, 6.45) is 6.73. The van der Waals surface area contributed by atoms with Crippen LogP contribution in [-0.2, 0) is 4.74 Å². The van der Waals surface area contributed by atoms with Crippen LogP contribution in [-0.4, -0.2) is 22.5 Å². The molecule has 55 valence electrons. The Balaban J connectivity index is 1.84. The molecular weight excluding hydrogens is 140 g/mol. The van der Waals surface area contributed by atoms with Gasteiger partial charge in [-0.3, -0.25) is 0 Å². The van der Waals surface area contributed by atoms with Crippen molar-refractivity contribution in [1.29, 1.82) is 0 Å². The highest BCUT2D eigenvalue weighted by Gasteiger charge is 2.46. The van der Waals surface area contributed by atoms with Gasteiger partial charge in [0.15, 0.2) is 0 Å². The molecule has 2 fully saturated rings. The predicted molar refractivity (Wildman–Crippen MR) is 41.2 cm³/mol. The van der Waals surface area contributed by atoms with Gasteiger partial charge in [-0.2, -0.15) is 0 Å². The standard InChI is InChI=1S/C8H13OSi/c10-5-4-6-2-1-3-7-8(6)9-7/h6-8H,1-5H2. The van der Waals surface area contributed by atoms with Gasteiger partial charge in [-0.1, -0.05) is 18.9 Å². The third-order valence-electron chi connectivity index (χ3n) is 2.67. The molecule has 1 aliphatic carbocycles. The van der Waals surface area contributed by atoms with Crippen LogP contribution in [0.25, 0.3) is 0 Å². The highest BCUT2D eigenvalue weighted by molar-refractivity contribution is 6.08. The van der Waals surface area contributed by atoms with Crippen LogP contribution < -0.4 is 0 Å². The molecule has 3 unspecified atom stereocenters. The molecule has 0 aromatic carbocycles. The second-order valence-corrected chi connectivity index (χ2v) is 3.87. The molecule has 2 aliphatic rings. The van der Waals surface area contributed by atoms with Crippen molar-refractivity contribution in [2.45, 2.75) is 43.9 Å². The van der Waals surface area contributed by atoms with Gasteiger partial charge in [0, 0.05) is 10.2 Å². The van der Waals surface area contributed by atoms with Crippen LogP contribution in [0.2, 0.25) is 6.04 Å². The van der Waals surface area contributed by atoms with E-state index in [0.29, 0.717) is 12.2 Å². The van der Waals surface area contributed by atoms with Crippen LogP contribution in [0.3, 0.4) is 0 Å². The molecular formula is C8H13OSi. The first-order valence-corrected chi connectivity index (χ1v) is 4.92. The summed E-state index contributed by atoms with van der Waals surface area (Å²) in [4.78, 5) is 0. The molecule has 3 radical (unpaired) electrons. The largest absolute Gasteiger partial charge is 0.369 e. The van der Waals surface area contributed by atoms with Gasteiger partial charge in [0.05, 0.1) is 12.2 Å². The molecule has 2 rings (SSSR count). The number of ether oxygens (including phenoxy) is 1. The average molecular weight is 153 g/mol. The van der Waals surface area contributed by atoms with E-state index in [1.165, 1.54) is 25.7 Å². The third kappa shape index (κ3) is 1.15. The zero-order valence-corrected chi connectivity index (χ0v) is 7.18. The minimum absolute atomic E-state index is 0.657. The molecule has 1 nitrogen and oxygen atoms in total. The summed E-state index contributed by atoms with van der Waals surface area (Å²) in [6, 6.07) is 1.14. The van der Waals surface area contributed by atoms with Gasteiger partial charge in [0.1, 0.15) is 0 Å². The maximum atomic E-state index is 5.52. The summed E-state index contributed by atoms with van der Waals surface area (Å²) in [5.41, 5.74) is 0. The van der Waals surface area contributed by atoms with Crippen LogP contribution in [0.4, 0.5) is 0 Å². The molecule has 1 saturated heterocycles. The van der Waals surface area contributed by atoms with Crippen molar-refractivity contribution in [3.8, 4) is 0 Å². The Kier molecular flexibility index (Phi) is 1.83. The molecule has 0 aromatic heterocycles.